The molecule has 1 aliphatic rings. The molecule has 0 fully saturated rings. The fourth-order valence-electron chi connectivity index (χ4n) is 1.83. The van der Waals surface area contributed by atoms with Gasteiger partial charge in [-0.05, 0) is 25.7 Å². The van der Waals surface area contributed by atoms with Crippen molar-refractivity contribution in [3.05, 3.63) is 110 Å². The van der Waals surface area contributed by atoms with Crippen molar-refractivity contribution in [1.29, 1.82) is 0 Å². The normalized spacial score (nSPS) is 12.2. The van der Waals surface area contributed by atoms with Crippen LogP contribution in [0.15, 0.2) is 85.0 Å². The Morgan fingerprint density at radius 2 is 0.913 bits per heavy atom. The zero-order valence-electron chi connectivity index (χ0n) is 13.6. The van der Waals surface area contributed by atoms with E-state index in [9.17, 15) is 0 Å². The molecular formula is C22H26Pt. The Kier molecular flexibility index (Phi) is 14.2. The largest absolute Gasteiger partial charge is 2.00 e. The first kappa shape index (κ1) is 21.3. The summed E-state index contributed by atoms with van der Waals surface area (Å²) in [7, 11) is 0. The SMILES string of the molecule is C1=CCCCCC=C1.[CH2-]c1ccccc1.[CH2-]c1ccccc1.[Pt+2]. The molecule has 1 aliphatic carbocycles. The average Bonchev–Trinajstić information content (AvgIpc) is 2.49. The van der Waals surface area contributed by atoms with Gasteiger partial charge in [0.2, 0.25) is 0 Å². The van der Waals surface area contributed by atoms with E-state index in [2.05, 4.69) is 38.2 Å². The third-order valence-electron chi connectivity index (χ3n) is 3.06. The van der Waals surface area contributed by atoms with Gasteiger partial charge in [-0.15, -0.1) is 24.3 Å². The minimum Gasteiger partial charge on any atom is -0.199 e. The van der Waals surface area contributed by atoms with Crippen molar-refractivity contribution >= 4 is 0 Å². The molecule has 3 rings (SSSR count). The zero-order valence-corrected chi connectivity index (χ0v) is 15.9. The minimum atomic E-state index is 0. The van der Waals surface area contributed by atoms with Crippen LogP contribution >= 0.6 is 0 Å². The number of allylic oxidation sites excluding steroid dienone is 4. The van der Waals surface area contributed by atoms with Crippen LogP contribution in [0.2, 0.25) is 0 Å². The monoisotopic (exact) mass is 485 g/mol. The number of benzene rings is 2. The molecule has 2 aromatic carbocycles. The van der Waals surface area contributed by atoms with Crippen LogP contribution in [0.4, 0.5) is 0 Å². The Bertz CT molecular complexity index is 475. The van der Waals surface area contributed by atoms with Gasteiger partial charge in [0, 0.05) is 0 Å². The van der Waals surface area contributed by atoms with E-state index in [0.29, 0.717) is 0 Å². The van der Waals surface area contributed by atoms with Crippen LogP contribution < -0.4 is 0 Å². The molecule has 0 bridgehead atoms. The molecule has 0 spiro atoms. The molecule has 0 aromatic heterocycles. The molecule has 23 heavy (non-hydrogen) atoms. The molecule has 0 saturated heterocycles. The summed E-state index contributed by atoms with van der Waals surface area (Å²) in [5, 5.41) is 0. The second kappa shape index (κ2) is 15.3. The van der Waals surface area contributed by atoms with Crippen LogP contribution in [0.5, 0.6) is 0 Å². The van der Waals surface area contributed by atoms with Crippen LogP contribution in [0, 0.1) is 13.8 Å². The quantitative estimate of drug-likeness (QED) is 0.379. The summed E-state index contributed by atoms with van der Waals surface area (Å²) in [6.07, 6.45) is 14.0. The summed E-state index contributed by atoms with van der Waals surface area (Å²) in [5.41, 5.74) is 2.14. The fourth-order valence-corrected chi connectivity index (χ4v) is 1.83. The number of rotatable bonds is 0. The molecule has 1 heteroatoms. The van der Waals surface area contributed by atoms with Crippen LogP contribution in [0.25, 0.3) is 0 Å². The maximum Gasteiger partial charge on any atom is 2.00 e. The topological polar surface area (TPSA) is 0 Å². The van der Waals surface area contributed by atoms with Crippen molar-refractivity contribution in [2.24, 2.45) is 0 Å². The average molecular weight is 486 g/mol. The van der Waals surface area contributed by atoms with Crippen molar-refractivity contribution in [3.8, 4) is 0 Å². The minimum absolute atomic E-state index is 0. The molecule has 0 saturated carbocycles. The molecule has 0 radical (unpaired) electrons. The van der Waals surface area contributed by atoms with Crippen molar-refractivity contribution in [2.45, 2.75) is 25.7 Å². The predicted octanol–water partition coefficient (Wildman–Crippen LogP) is 6.41. The van der Waals surface area contributed by atoms with E-state index in [4.69, 9.17) is 0 Å². The molecule has 0 heterocycles. The second-order valence-electron chi connectivity index (χ2n) is 5.11. The van der Waals surface area contributed by atoms with Gasteiger partial charge in [-0.2, -0.15) is 49.2 Å². The fraction of sp³-hybridized carbons (Fsp3) is 0.182. The van der Waals surface area contributed by atoms with Crippen LogP contribution in [-0.2, 0) is 21.1 Å². The second-order valence-corrected chi connectivity index (χ2v) is 5.11. The maximum atomic E-state index is 3.72. The summed E-state index contributed by atoms with van der Waals surface area (Å²) >= 11 is 0. The van der Waals surface area contributed by atoms with Crippen LogP contribution in [-0.4, -0.2) is 0 Å². The van der Waals surface area contributed by atoms with Gasteiger partial charge < -0.3 is 0 Å². The molecule has 0 aliphatic heterocycles. The van der Waals surface area contributed by atoms with Gasteiger partial charge in [-0.1, -0.05) is 36.4 Å². The van der Waals surface area contributed by atoms with E-state index >= 15 is 0 Å². The Balaban J connectivity index is 0.000000310. The van der Waals surface area contributed by atoms with E-state index < -0.39 is 0 Å². The van der Waals surface area contributed by atoms with Crippen LogP contribution in [0.3, 0.4) is 0 Å². The summed E-state index contributed by atoms with van der Waals surface area (Å²) in [4.78, 5) is 0. The third kappa shape index (κ3) is 13.7. The number of hydrogen-bond donors (Lipinski definition) is 0. The standard InChI is InChI=1S/C8H12.2C7H7.Pt/c1-2-4-6-8-7-5-3-1;2*1-7-5-3-2-4-6-7;/h1-4H,5-8H2;2*2-6H,1H2;/q;2*-1;+2. The van der Waals surface area contributed by atoms with Gasteiger partial charge in [-0.25, -0.2) is 0 Å². The first-order valence-electron chi connectivity index (χ1n) is 7.84. The molecule has 124 valence electrons. The van der Waals surface area contributed by atoms with Gasteiger partial charge in [-0.3, -0.25) is 0 Å². The molecule has 0 nitrogen and oxygen atoms in total. The van der Waals surface area contributed by atoms with Crippen LogP contribution in [0.1, 0.15) is 36.8 Å². The molecule has 2 aromatic rings. The van der Waals surface area contributed by atoms with Crippen molar-refractivity contribution < 1.29 is 21.1 Å². The molecular weight excluding hydrogens is 459 g/mol. The van der Waals surface area contributed by atoms with E-state index in [-0.39, 0.29) is 21.1 Å². The molecule has 0 N–H and O–H groups in total. The summed E-state index contributed by atoms with van der Waals surface area (Å²) in [6, 6.07) is 19.7. The summed E-state index contributed by atoms with van der Waals surface area (Å²) in [5.74, 6) is 0. The third-order valence-corrected chi connectivity index (χ3v) is 3.06. The summed E-state index contributed by atoms with van der Waals surface area (Å²) < 4.78 is 0. The Hall–Kier alpha value is -1.65. The first-order valence-corrected chi connectivity index (χ1v) is 7.84. The Labute approximate surface area is 156 Å². The van der Waals surface area contributed by atoms with Gasteiger partial charge in [0.25, 0.3) is 0 Å². The van der Waals surface area contributed by atoms with Crippen molar-refractivity contribution in [3.63, 3.8) is 0 Å². The summed E-state index contributed by atoms with van der Waals surface area (Å²) in [6.45, 7) is 7.44. The van der Waals surface area contributed by atoms with E-state index in [0.717, 1.165) is 11.1 Å². The Morgan fingerprint density at radius 3 is 1.17 bits per heavy atom. The van der Waals surface area contributed by atoms with Gasteiger partial charge in [0.15, 0.2) is 0 Å². The van der Waals surface area contributed by atoms with E-state index in [1.807, 2.05) is 60.7 Å². The zero-order chi connectivity index (χ0) is 15.9. The van der Waals surface area contributed by atoms with Gasteiger partial charge in [0.1, 0.15) is 0 Å². The van der Waals surface area contributed by atoms with Crippen molar-refractivity contribution in [2.75, 3.05) is 0 Å². The maximum absolute atomic E-state index is 3.72. The van der Waals surface area contributed by atoms with E-state index in [1.54, 1.807) is 0 Å². The molecule has 0 atom stereocenters. The molecule has 0 amide bonds. The molecule has 0 unspecified atom stereocenters. The predicted molar refractivity (Wildman–Crippen MR) is 98.6 cm³/mol. The smallest absolute Gasteiger partial charge is 0.199 e. The first-order chi connectivity index (χ1) is 10.8. The number of hydrogen-bond acceptors (Lipinski definition) is 0. The Morgan fingerprint density at radius 1 is 0.565 bits per heavy atom. The van der Waals surface area contributed by atoms with Crippen molar-refractivity contribution in [1.82, 2.24) is 0 Å². The van der Waals surface area contributed by atoms with Gasteiger partial charge >= 0.3 is 21.1 Å². The van der Waals surface area contributed by atoms with E-state index in [1.165, 1.54) is 25.7 Å². The van der Waals surface area contributed by atoms with Gasteiger partial charge in [0.05, 0.1) is 0 Å².